The zero-order valence-electron chi connectivity index (χ0n) is 18.2. The van der Waals surface area contributed by atoms with E-state index in [2.05, 4.69) is 9.97 Å². The summed E-state index contributed by atoms with van der Waals surface area (Å²) < 4.78 is 12.2. The molecule has 0 radical (unpaired) electrons. The van der Waals surface area contributed by atoms with Gasteiger partial charge < -0.3 is 14.1 Å². The number of oxazole rings is 1. The van der Waals surface area contributed by atoms with Gasteiger partial charge in [-0.2, -0.15) is 0 Å². The summed E-state index contributed by atoms with van der Waals surface area (Å²) >= 11 is 0. The molecule has 1 N–H and O–H groups in total. The van der Waals surface area contributed by atoms with Gasteiger partial charge in [0.1, 0.15) is 5.82 Å². The van der Waals surface area contributed by atoms with Crippen LogP contribution in [-0.4, -0.2) is 27.1 Å². The third kappa shape index (κ3) is 4.25. The fourth-order valence-corrected chi connectivity index (χ4v) is 3.96. The predicted octanol–water partition coefficient (Wildman–Crippen LogP) is 3.67. The molecule has 0 aliphatic carbocycles. The predicted molar refractivity (Wildman–Crippen MR) is 127 cm³/mol. The first-order valence-electron chi connectivity index (χ1n) is 10.9. The molecule has 0 aliphatic heterocycles. The van der Waals surface area contributed by atoms with Gasteiger partial charge in [-0.3, -0.25) is 9.36 Å². The van der Waals surface area contributed by atoms with Crippen molar-refractivity contribution in [1.29, 1.82) is 0 Å². The number of benzene rings is 3. The molecule has 0 unspecified atom stereocenters. The van der Waals surface area contributed by atoms with Crippen molar-refractivity contribution < 1.29 is 13.9 Å². The molecule has 170 valence electrons. The largest absolute Gasteiger partial charge is 0.462 e. The van der Waals surface area contributed by atoms with Crippen LogP contribution in [0.1, 0.15) is 28.2 Å². The number of para-hydroxylation sites is 3. The summed E-state index contributed by atoms with van der Waals surface area (Å²) in [6, 6.07) is 21.4. The van der Waals surface area contributed by atoms with E-state index in [1.165, 1.54) is 4.57 Å². The van der Waals surface area contributed by atoms with Crippen molar-refractivity contribution in [1.82, 2.24) is 14.5 Å². The van der Waals surface area contributed by atoms with E-state index in [1.807, 2.05) is 30.3 Å². The molecule has 34 heavy (non-hydrogen) atoms. The molecule has 0 aliphatic rings. The maximum absolute atomic E-state index is 12.8. The van der Waals surface area contributed by atoms with Crippen molar-refractivity contribution in [3.63, 3.8) is 0 Å². The smallest absolute Gasteiger partial charge is 0.419 e. The number of esters is 1. The lowest BCUT2D eigenvalue weighted by atomic mass is 10.0. The minimum Gasteiger partial charge on any atom is -0.462 e. The molecular weight excluding hydrogens is 434 g/mol. The molecule has 2 heterocycles. The van der Waals surface area contributed by atoms with Gasteiger partial charge in [-0.25, -0.2) is 14.6 Å². The number of aryl methyl sites for hydroxylation is 1. The Hall–Kier alpha value is -4.46. The van der Waals surface area contributed by atoms with Crippen molar-refractivity contribution in [3.05, 3.63) is 111 Å². The standard InChI is InChI=1S/C26H21N3O5/c30-24-19-10-3-4-11-20(19)27-23(28-24)16-17-8-1-2-9-18(17)25(31)33-15-7-14-29-21-12-5-6-13-22(21)34-26(29)32/h1-6,8-13H,7,14-16H2,(H,27,28,30). The Bertz CT molecular complexity index is 1610. The fraction of sp³-hybridized carbons (Fsp3) is 0.154. The van der Waals surface area contributed by atoms with Crippen LogP contribution < -0.4 is 11.3 Å². The van der Waals surface area contributed by atoms with Crippen molar-refractivity contribution in [2.24, 2.45) is 0 Å². The Balaban J connectivity index is 1.27. The third-order valence-electron chi connectivity index (χ3n) is 5.59. The summed E-state index contributed by atoms with van der Waals surface area (Å²) in [5.41, 5.74) is 2.72. The number of hydrogen-bond acceptors (Lipinski definition) is 6. The molecule has 0 atom stereocenters. The topological polar surface area (TPSA) is 107 Å². The van der Waals surface area contributed by atoms with Crippen molar-refractivity contribution in [2.75, 3.05) is 6.61 Å². The van der Waals surface area contributed by atoms with Crippen LogP contribution >= 0.6 is 0 Å². The molecule has 8 heteroatoms. The van der Waals surface area contributed by atoms with E-state index in [0.29, 0.717) is 51.9 Å². The highest BCUT2D eigenvalue weighted by molar-refractivity contribution is 5.91. The fourth-order valence-electron chi connectivity index (χ4n) is 3.96. The van der Waals surface area contributed by atoms with Crippen LogP contribution in [0.4, 0.5) is 0 Å². The second-order valence-electron chi connectivity index (χ2n) is 7.84. The second-order valence-corrected chi connectivity index (χ2v) is 7.84. The van der Waals surface area contributed by atoms with Crippen molar-refractivity contribution in [3.8, 4) is 0 Å². The Morgan fingerprint density at radius 2 is 1.74 bits per heavy atom. The lowest BCUT2D eigenvalue weighted by Crippen LogP contribution is -2.17. The number of carbonyl (C=O) groups excluding carboxylic acids is 1. The minimum absolute atomic E-state index is 0.143. The van der Waals surface area contributed by atoms with E-state index in [4.69, 9.17) is 9.15 Å². The third-order valence-corrected chi connectivity index (χ3v) is 5.59. The lowest BCUT2D eigenvalue weighted by Gasteiger charge is -2.10. The second kappa shape index (κ2) is 9.19. The molecule has 5 aromatic rings. The summed E-state index contributed by atoms with van der Waals surface area (Å²) in [4.78, 5) is 44.5. The summed E-state index contributed by atoms with van der Waals surface area (Å²) in [5, 5.41) is 0.517. The first kappa shape index (κ1) is 21.4. The Kier molecular flexibility index (Phi) is 5.78. The monoisotopic (exact) mass is 455 g/mol. The van der Waals surface area contributed by atoms with E-state index in [1.54, 1.807) is 42.5 Å². The van der Waals surface area contributed by atoms with Crippen molar-refractivity contribution >= 4 is 28.0 Å². The van der Waals surface area contributed by atoms with Crippen LogP contribution in [0.3, 0.4) is 0 Å². The van der Waals surface area contributed by atoms with Crippen LogP contribution in [0.15, 0.2) is 86.8 Å². The van der Waals surface area contributed by atoms with Gasteiger partial charge in [0, 0.05) is 13.0 Å². The first-order valence-corrected chi connectivity index (χ1v) is 10.9. The summed E-state index contributed by atoms with van der Waals surface area (Å²) in [7, 11) is 0. The number of nitrogens with one attached hydrogen (secondary N) is 1. The van der Waals surface area contributed by atoms with Gasteiger partial charge in [-0.05, 0) is 42.3 Å². The Labute approximate surface area is 193 Å². The van der Waals surface area contributed by atoms with E-state index >= 15 is 0 Å². The van der Waals surface area contributed by atoms with Gasteiger partial charge in [0.25, 0.3) is 5.56 Å². The highest BCUT2D eigenvalue weighted by atomic mass is 16.5. The minimum atomic E-state index is -0.469. The van der Waals surface area contributed by atoms with Crippen LogP contribution in [0.25, 0.3) is 22.0 Å². The average molecular weight is 455 g/mol. The molecule has 8 nitrogen and oxygen atoms in total. The molecule has 0 saturated carbocycles. The number of carbonyl (C=O) groups is 1. The quantitative estimate of drug-likeness (QED) is 0.296. The van der Waals surface area contributed by atoms with Gasteiger partial charge in [0.15, 0.2) is 5.58 Å². The SMILES string of the molecule is O=C(OCCCn1c(=O)oc2ccccc21)c1ccccc1Cc1nc2ccccc2c(=O)[nH]1. The number of nitrogens with zero attached hydrogens (tertiary/aromatic N) is 2. The number of hydrogen-bond donors (Lipinski definition) is 1. The first-order chi connectivity index (χ1) is 16.6. The number of rotatable bonds is 7. The summed E-state index contributed by atoms with van der Waals surface area (Å²) in [6.07, 6.45) is 0.735. The van der Waals surface area contributed by atoms with Gasteiger partial charge in [-0.1, -0.05) is 42.5 Å². The summed E-state index contributed by atoms with van der Waals surface area (Å²) in [5.74, 6) is -0.437. The Morgan fingerprint density at radius 1 is 0.971 bits per heavy atom. The summed E-state index contributed by atoms with van der Waals surface area (Å²) in [6.45, 7) is 0.511. The number of H-pyrrole nitrogens is 1. The van der Waals surface area contributed by atoms with E-state index in [-0.39, 0.29) is 18.6 Å². The Morgan fingerprint density at radius 3 is 2.65 bits per heavy atom. The van der Waals surface area contributed by atoms with Crippen LogP contribution in [-0.2, 0) is 17.7 Å². The maximum Gasteiger partial charge on any atom is 0.419 e. The van der Waals surface area contributed by atoms with Gasteiger partial charge in [-0.15, -0.1) is 0 Å². The van der Waals surface area contributed by atoms with Gasteiger partial charge >= 0.3 is 11.7 Å². The number of aromatic amines is 1. The molecule has 0 saturated heterocycles. The van der Waals surface area contributed by atoms with Gasteiger partial charge in [0.05, 0.1) is 28.6 Å². The zero-order valence-corrected chi connectivity index (χ0v) is 18.2. The zero-order chi connectivity index (χ0) is 23.5. The van der Waals surface area contributed by atoms with Crippen molar-refractivity contribution in [2.45, 2.75) is 19.4 Å². The molecule has 0 amide bonds. The normalized spacial score (nSPS) is 11.2. The maximum atomic E-state index is 12.8. The number of aromatic nitrogens is 3. The van der Waals surface area contributed by atoms with E-state index < -0.39 is 11.7 Å². The molecule has 0 bridgehead atoms. The molecule has 2 aromatic heterocycles. The number of fused-ring (bicyclic) bond motifs is 2. The van der Waals surface area contributed by atoms with Gasteiger partial charge in [0.2, 0.25) is 0 Å². The molecule has 0 fully saturated rings. The highest BCUT2D eigenvalue weighted by Gasteiger charge is 2.15. The molecule has 5 rings (SSSR count). The molecule has 3 aromatic carbocycles. The van der Waals surface area contributed by atoms with Crippen LogP contribution in [0.2, 0.25) is 0 Å². The van der Waals surface area contributed by atoms with Crippen LogP contribution in [0, 0.1) is 0 Å². The highest BCUT2D eigenvalue weighted by Crippen LogP contribution is 2.16. The molecule has 0 spiro atoms. The number of ether oxygens (including phenoxy) is 1. The average Bonchev–Trinajstić information content (AvgIpc) is 3.17. The lowest BCUT2D eigenvalue weighted by molar-refractivity contribution is 0.0494. The van der Waals surface area contributed by atoms with E-state index in [9.17, 15) is 14.4 Å². The van der Waals surface area contributed by atoms with Crippen LogP contribution in [0.5, 0.6) is 0 Å². The van der Waals surface area contributed by atoms with E-state index in [0.717, 1.165) is 0 Å². The molecular formula is C26H21N3O5.